The van der Waals surface area contributed by atoms with E-state index in [0.717, 1.165) is 80.0 Å². The van der Waals surface area contributed by atoms with Crippen LogP contribution in [0.5, 0.6) is 5.75 Å². The Morgan fingerprint density at radius 2 is 1.61 bits per heavy atom. The predicted molar refractivity (Wildman–Crippen MR) is 133 cm³/mol. The van der Waals surface area contributed by atoms with Crippen LogP contribution in [0.25, 0.3) is 10.8 Å². The highest BCUT2D eigenvalue weighted by atomic mass is 16.5. The Labute approximate surface area is 195 Å². The Hall–Kier alpha value is -3.28. The summed E-state index contributed by atoms with van der Waals surface area (Å²) in [6.45, 7) is 7.60. The number of likely N-dealkylation sites (tertiary alicyclic amines) is 1. The van der Waals surface area contributed by atoms with Gasteiger partial charge in [-0.15, -0.1) is 0 Å². The zero-order valence-electron chi connectivity index (χ0n) is 19.5. The van der Waals surface area contributed by atoms with E-state index in [4.69, 9.17) is 9.72 Å². The molecule has 0 atom stereocenters. The second-order valence-electron chi connectivity index (χ2n) is 9.22. The Morgan fingerprint density at radius 1 is 0.909 bits per heavy atom. The van der Waals surface area contributed by atoms with E-state index in [1.807, 2.05) is 41.4 Å². The van der Waals surface area contributed by atoms with Gasteiger partial charge in [0.15, 0.2) is 0 Å². The number of rotatable bonds is 4. The monoisotopic (exact) mass is 444 g/mol. The molecule has 2 saturated heterocycles. The van der Waals surface area contributed by atoms with Gasteiger partial charge in [0.2, 0.25) is 0 Å². The molecular formula is C27H32N4O2. The number of methoxy groups -OCH3 is 1. The molecule has 1 amide bonds. The van der Waals surface area contributed by atoms with Gasteiger partial charge in [-0.25, -0.2) is 4.98 Å². The first-order valence-electron chi connectivity index (χ1n) is 11.9. The number of aromatic nitrogens is 1. The number of hydrogen-bond acceptors (Lipinski definition) is 5. The Bertz CT molecular complexity index is 1110. The lowest BCUT2D eigenvalue weighted by atomic mass is 9.98. The Balaban J connectivity index is 1.34. The number of amides is 1. The summed E-state index contributed by atoms with van der Waals surface area (Å²) in [7, 11) is 1.69. The van der Waals surface area contributed by atoms with Gasteiger partial charge in [-0.1, -0.05) is 13.0 Å². The number of anilines is 2. The molecule has 0 bridgehead atoms. The van der Waals surface area contributed by atoms with Crippen LogP contribution in [-0.4, -0.2) is 62.2 Å². The molecular weight excluding hydrogens is 412 g/mol. The summed E-state index contributed by atoms with van der Waals surface area (Å²) in [6, 6.07) is 16.4. The minimum absolute atomic E-state index is 0.142. The first kappa shape index (κ1) is 21.6. The molecule has 3 aromatic rings. The summed E-state index contributed by atoms with van der Waals surface area (Å²) in [4.78, 5) is 24.6. The first-order valence-corrected chi connectivity index (χ1v) is 11.9. The summed E-state index contributed by atoms with van der Waals surface area (Å²) in [5.74, 6) is 2.70. The number of carbonyl (C=O) groups is 1. The number of carbonyl (C=O) groups excluding carboxylic acids is 1. The van der Waals surface area contributed by atoms with E-state index in [1.165, 1.54) is 5.69 Å². The van der Waals surface area contributed by atoms with Crippen LogP contribution in [0.15, 0.2) is 54.7 Å². The largest absolute Gasteiger partial charge is 0.497 e. The van der Waals surface area contributed by atoms with Gasteiger partial charge in [0.25, 0.3) is 5.91 Å². The molecule has 0 radical (unpaired) electrons. The van der Waals surface area contributed by atoms with Gasteiger partial charge in [-0.3, -0.25) is 4.79 Å². The fraction of sp³-hybridized carbons (Fsp3) is 0.407. The normalized spacial score (nSPS) is 17.5. The maximum atomic E-state index is 13.2. The van der Waals surface area contributed by atoms with Gasteiger partial charge in [0.05, 0.1) is 7.11 Å². The van der Waals surface area contributed by atoms with Crippen LogP contribution in [-0.2, 0) is 0 Å². The minimum Gasteiger partial charge on any atom is -0.497 e. The molecule has 2 fully saturated rings. The van der Waals surface area contributed by atoms with E-state index < -0.39 is 0 Å². The number of hydrogen-bond donors (Lipinski definition) is 0. The first-order chi connectivity index (χ1) is 16.1. The van der Waals surface area contributed by atoms with Crippen molar-refractivity contribution in [1.82, 2.24) is 9.88 Å². The molecule has 0 unspecified atom stereocenters. The molecule has 0 N–H and O–H groups in total. The van der Waals surface area contributed by atoms with Crippen LogP contribution in [0.1, 0.15) is 30.1 Å². The van der Waals surface area contributed by atoms with Crippen molar-refractivity contribution in [3.05, 3.63) is 60.3 Å². The van der Waals surface area contributed by atoms with Crippen molar-refractivity contribution in [3.63, 3.8) is 0 Å². The quantitative estimate of drug-likeness (QED) is 0.595. The Morgan fingerprint density at radius 3 is 2.30 bits per heavy atom. The molecule has 2 aliphatic heterocycles. The van der Waals surface area contributed by atoms with Gasteiger partial charge in [-0.05, 0) is 66.6 Å². The maximum absolute atomic E-state index is 13.2. The van der Waals surface area contributed by atoms with Crippen LogP contribution in [0.4, 0.5) is 11.5 Å². The fourth-order valence-electron chi connectivity index (χ4n) is 4.90. The van der Waals surface area contributed by atoms with E-state index in [-0.39, 0.29) is 5.91 Å². The maximum Gasteiger partial charge on any atom is 0.253 e. The second-order valence-corrected chi connectivity index (χ2v) is 9.22. The molecule has 2 aliphatic rings. The van der Waals surface area contributed by atoms with Crippen LogP contribution in [0.3, 0.4) is 0 Å². The van der Waals surface area contributed by atoms with Gasteiger partial charge >= 0.3 is 0 Å². The van der Waals surface area contributed by atoms with Crippen LogP contribution in [0, 0.1) is 5.92 Å². The Kier molecular flexibility index (Phi) is 6.07. The topological polar surface area (TPSA) is 48.9 Å². The predicted octanol–water partition coefficient (Wildman–Crippen LogP) is 4.44. The van der Waals surface area contributed by atoms with Crippen molar-refractivity contribution in [2.24, 2.45) is 5.92 Å². The van der Waals surface area contributed by atoms with Gasteiger partial charge < -0.3 is 19.4 Å². The van der Waals surface area contributed by atoms with Crippen LogP contribution >= 0.6 is 0 Å². The molecule has 0 spiro atoms. The summed E-state index contributed by atoms with van der Waals surface area (Å²) >= 11 is 0. The summed E-state index contributed by atoms with van der Waals surface area (Å²) in [5.41, 5.74) is 1.98. The van der Waals surface area contributed by atoms with Gasteiger partial charge in [0, 0.05) is 62.1 Å². The van der Waals surface area contributed by atoms with Crippen LogP contribution in [0.2, 0.25) is 0 Å². The molecule has 5 rings (SSSR count). The highest BCUT2D eigenvalue weighted by Gasteiger charge is 2.23. The zero-order chi connectivity index (χ0) is 22.8. The van der Waals surface area contributed by atoms with Crippen LogP contribution < -0.4 is 14.5 Å². The number of ether oxygens (including phenoxy) is 1. The van der Waals surface area contributed by atoms with Gasteiger partial charge in [0.1, 0.15) is 11.6 Å². The van der Waals surface area contributed by atoms with E-state index in [2.05, 4.69) is 34.9 Å². The summed E-state index contributed by atoms with van der Waals surface area (Å²) < 4.78 is 5.28. The molecule has 6 nitrogen and oxygen atoms in total. The smallest absolute Gasteiger partial charge is 0.253 e. The lowest BCUT2D eigenvalue weighted by molar-refractivity contribution is 0.0697. The number of pyridine rings is 1. The number of benzene rings is 2. The van der Waals surface area contributed by atoms with Gasteiger partial charge in [-0.2, -0.15) is 0 Å². The van der Waals surface area contributed by atoms with Crippen molar-refractivity contribution < 1.29 is 9.53 Å². The van der Waals surface area contributed by atoms with E-state index in [9.17, 15) is 4.79 Å². The summed E-state index contributed by atoms with van der Waals surface area (Å²) in [6.07, 6.45) is 4.05. The molecule has 2 aromatic carbocycles. The zero-order valence-corrected chi connectivity index (χ0v) is 19.5. The van der Waals surface area contributed by atoms with E-state index in [0.29, 0.717) is 5.92 Å². The third-order valence-electron chi connectivity index (χ3n) is 7.08. The number of piperidine rings is 1. The fourth-order valence-corrected chi connectivity index (χ4v) is 4.90. The third kappa shape index (κ3) is 4.47. The molecule has 6 heteroatoms. The average Bonchev–Trinajstić information content (AvgIpc) is 2.88. The van der Waals surface area contributed by atoms with Crippen molar-refractivity contribution in [1.29, 1.82) is 0 Å². The molecule has 3 heterocycles. The molecule has 0 saturated carbocycles. The standard InChI is InChI=1S/C27H32N4O2/c1-20-10-13-31(14-11-20)27(32)22-4-3-21-9-12-28-26(25(21)19-22)30-17-15-29(16-18-30)23-5-7-24(33-2)8-6-23/h3-9,12,19-20H,10-11,13-18H2,1-2H3. The highest BCUT2D eigenvalue weighted by molar-refractivity contribution is 6.01. The van der Waals surface area contributed by atoms with Crippen molar-refractivity contribution in [3.8, 4) is 5.75 Å². The third-order valence-corrected chi connectivity index (χ3v) is 7.08. The molecule has 33 heavy (non-hydrogen) atoms. The number of fused-ring (bicyclic) bond motifs is 1. The second kappa shape index (κ2) is 9.30. The lowest BCUT2D eigenvalue weighted by Crippen LogP contribution is -2.46. The van der Waals surface area contributed by atoms with Crippen molar-refractivity contribution in [2.45, 2.75) is 19.8 Å². The average molecular weight is 445 g/mol. The van der Waals surface area contributed by atoms with E-state index >= 15 is 0 Å². The molecule has 0 aliphatic carbocycles. The SMILES string of the molecule is COc1ccc(N2CCN(c3nccc4ccc(C(=O)N5CCC(C)CC5)cc34)CC2)cc1. The lowest BCUT2D eigenvalue weighted by Gasteiger charge is -2.37. The number of nitrogens with zero attached hydrogens (tertiary/aromatic N) is 4. The highest BCUT2D eigenvalue weighted by Crippen LogP contribution is 2.29. The van der Waals surface area contributed by atoms with E-state index in [1.54, 1.807) is 7.11 Å². The molecule has 172 valence electrons. The number of piperazine rings is 1. The summed E-state index contributed by atoms with van der Waals surface area (Å²) in [5, 5.41) is 2.19. The minimum atomic E-state index is 0.142. The van der Waals surface area contributed by atoms with Crippen molar-refractivity contribution in [2.75, 3.05) is 56.2 Å². The van der Waals surface area contributed by atoms with Crippen molar-refractivity contribution >= 4 is 28.2 Å². The molecule has 1 aromatic heterocycles.